The zero-order valence-corrected chi connectivity index (χ0v) is 18.6. The minimum atomic E-state index is -0.582. The summed E-state index contributed by atoms with van der Waals surface area (Å²) in [6, 6.07) is 0. The number of carbonyl (C=O) groups excluding carboxylic acids is 1. The molecular weight excluding hydrogens is 386 g/mol. The maximum Gasteiger partial charge on any atom is 0.220 e. The van der Waals surface area contributed by atoms with Gasteiger partial charge in [-0.15, -0.1) is 17.9 Å². The Bertz CT molecular complexity index is 752. The molecule has 0 bridgehead atoms. The predicted molar refractivity (Wildman–Crippen MR) is 117 cm³/mol. The molecule has 1 amide bonds. The Morgan fingerprint density at radius 2 is 2.21 bits per heavy atom. The van der Waals surface area contributed by atoms with Gasteiger partial charge >= 0.3 is 0 Å². The van der Waals surface area contributed by atoms with Crippen LogP contribution in [0.15, 0.2) is 12.7 Å². The van der Waals surface area contributed by atoms with E-state index in [1.54, 1.807) is 17.4 Å². The Morgan fingerprint density at radius 1 is 1.45 bits per heavy atom. The molecule has 162 valence electrons. The van der Waals surface area contributed by atoms with Crippen molar-refractivity contribution >= 4 is 22.4 Å². The molecule has 1 saturated carbocycles. The number of fused-ring (bicyclic) bond motifs is 2. The van der Waals surface area contributed by atoms with Crippen LogP contribution >= 0.6 is 11.3 Å². The van der Waals surface area contributed by atoms with Crippen LogP contribution in [-0.2, 0) is 11.2 Å². The zero-order chi connectivity index (χ0) is 21.2. The summed E-state index contributed by atoms with van der Waals surface area (Å²) in [6.07, 6.45) is 4.81. The molecule has 1 heterocycles. The fourth-order valence-electron chi connectivity index (χ4n) is 5.40. The largest absolute Gasteiger partial charge is 0.396 e. The molecule has 1 fully saturated rings. The van der Waals surface area contributed by atoms with Crippen LogP contribution in [0.5, 0.6) is 0 Å². The second kappa shape index (κ2) is 8.74. The number of hydrogen-bond donors (Lipinski definition) is 4. The van der Waals surface area contributed by atoms with Crippen molar-refractivity contribution < 1.29 is 15.0 Å². The van der Waals surface area contributed by atoms with Crippen LogP contribution in [0.1, 0.15) is 62.9 Å². The lowest BCUT2D eigenvalue weighted by atomic mass is 9.47. The first-order valence-electron chi connectivity index (χ1n) is 10.7. The molecule has 2 aliphatic carbocycles. The van der Waals surface area contributed by atoms with Crippen molar-refractivity contribution in [3.63, 3.8) is 0 Å². The van der Waals surface area contributed by atoms with Crippen molar-refractivity contribution in [1.82, 2.24) is 10.3 Å². The van der Waals surface area contributed by atoms with Crippen LogP contribution < -0.4 is 10.6 Å². The van der Waals surface area contributed by atoms with E-state index in [2.05, 4.69) is 24.1 Å². The molecule has 0 spiro atoms. The molecule has 0 aromatic carbocycles. The number of aliphatic hydroxyl groups excluding tert-OH is 2. The number of carbonyl (C=O) groups is 1. The van der Waals surface area contributed by atoms with E-state index in [4.69, 9.17) is 4.98 Å². The lowest BCUT2D eigenvalue weighted by molar-refractivity contribution is -0.144. The number of nitrogens with zero attached hydrogens (tertiary/aromatic N) is 1. The molecule has 2 aliphatic rings. The highest BCUT2D eigenvalue weighted by Gasteiger charge is 2.59. The van der Waals surface area contributed by atoms with E-state index >= 15 is 0 Å². The highest BCUT2D eigenvalue weighted by molar-refractivity contribution is 7.15. The van der Waals surface area contributed by atoms with Gasteiger partial charge in [-0.3, -0.25) is 4.79 Å². The fraction of sp³-hybridized carbons (Fsp3) is 0.727. The summed E-state index contributed by atoms with van der Waals surface area (Å²) in [6.45, 7) is 11.3. The van der Waals surface area contributed by atoms with E-state index in [1.807, 2.05) is 13.8 Å². The van der Waals surface area contributed by atoms with Gasteiger partial charge in [0.05, 0.1) is 18.4 Å². The summed E-state index contributed by atoms with van der Waals surface area (Å²) in [4.78, 5) is 18.8. The van der Waals surface area contributed by atoms with Crippen molar-refractivity contribution in [1.29, 1.82) is 0 Å². The Kier molecular flexibility index (Phi) is 6.70. The molecule has 7 heteroatoms. The van der Waals surface area contributed by atoms with Gasteiger partial charge in [0.1, 0.15) is 0 Å². The number of hydrogen-bond acceptors (Lipinski definition) is 6. The molecule has 6 nitrogen and oxygen atoms in total. The molecule has 0 radical (unpaired) electrons. The molecule has 1 aromatic heterocycles. The second-order valence-electron chi connectivity index (χ2n) is 9.08. The maximum absolute atomic E-state index is 12.7. The van der Waals surface area contributed by atoms with Crippen molar-refractivity contribution in [2.45, 2.75) is 64.9 Å². The van der Waals surface area contributed by atoms with E-state index in [0.29, 0.717) is 25.9 Å². The van der Waals surface area contributed by atoms with E-state index in [-0.39, 0.29) is 29.8 Å². The minimum absolute atomic E-state index is 0.0259. The summed E-state index contributed by atoms with van der Waals surface area (Å²) >= 11 is 1.63. The van der Waals surface area contributed by atoms with Crippen molar-refractivity contribution in [2.75, 3.05) is 25.0 Å². The Morgan fingerprint density at radius 3 is 2.86 bits per heavy atom. The van der Waals surface area contributed by atoms with Gasteiger partial charge < -0.3 is 20.8 Å². The maximum atomic E-state index is 12.7. The number of thiazole rings is 1. The van der Waals surface area contributed by atoms with E-state index in [9.17, 15) is 15.0 Å². The smallest absolute Gasteiger partial charge is 0.220 e. The molecule has 0 unspecified atom stereocenters. The normalized spacial score (nSPS) is 33.5. The van der Waals surface area contributed by atoms with Crippen LogP contribution in [0.2, 0.25) is 0 Å². The number of nitrogens with one attached hydrogen (secondary N) is 2. The summed E-state index contributed by atoms with van der Waals surface area (Å²) in [5, 5.41) is 28.2. The van der Waals surface area contributed by atoms with Crippen molar-refractivity contribution in [3.05, 3.63) is 23.2 Å². The number of aromatic nitrogens is 1. The van der Waals surface area contributed by atoms with E-state index in [1.165, 1.54) is 4.88 Å². The summed E-state index contributed by atoms with van der Waals surface area (Å²) in [7, 11) is 0. The van der Waals surface area contributed by atoms with Gasteiger partial charge in [-0.2, -0.15) is 0 Å². The van der Waals surface area contributed by atoms with Crippen LogP contribution in [-0.4, -0.2) is 46.9 Å². The van der Waals surface area contributed by atoms with Gasteiger partial charge in [0, 0.05) is 35.7 Å². The van der Waals surface area contributed by atoms with Crippen LogP contribution in [0, 0.1) is 16.7 Å². The zero-order valence-electron chi connectivity index (χ0n) is 17.8. The minimum Gasteiger partial charge on any atom is -0.396 e. The predicted octanol–water partition coefficient (Wildman–Crippen LogP) is 3.07. The standard InChI is InChI=1S/C22H35N3O3S/c1-5-9-23-18(28)11-14-19-15(29-20(25-19)24-10-6-2)12-16-21(14,3)8-7-17(27)22(16,4)13-26/h6,14,16-17,26-27H,2,5,7-13H2,1,3-4H3,(H,23,28)(H,24,25)/t14-,16+,17-,21+,22+/m1/s1. The first-order chi connectivity index (χ1) is 13.8. The van der Waals surface area contributed by atoms with Gasteiger partial charge in [-0.25, -0.2) is 4.98 Å². The lowest BCUT2D eigenvalue weighted by Gasteiger charge is -2.58. The van der Waals surface area contributed by atoms with Gasteiger partial charge in [0.15, 0.2) is 5.13 Å². The highest BCUT2D eigenvalue weighted by atomic mass is 32.1. The van der Waals surface area contributed by atoms with Gasteiger partial charge in [-0.1, -0.05) is 26.8 Å². The first-order valence-corrected chi connectivity index (χ1v) is 11.5. The molecule has 0 aliphatic heterocycles. The Hall–Kier alpha value is -1.44. The number of aliphatic hydroxyl groups is 2. The average Bonchev–Trinajstić information content (AvgIpc) is 3.12. The van der Waals surface area contributed by atoms with Crippen LogP contribution in [0.3, 0.4) is 0 Å². The topological polar surface area (TPSA) is 94.5 Å². The monoisotopic (exact) mass is 421 g/mol. The third-order valence-electron chi connectivity index (χ3n) is 7.25. The van der Waals surface area contributed by atoms with Gasteiger partial charge in [0.25, 0.3) is 0 Å². The van der Waals surface area contributed by atoms with Crippen LogP contribution in [0.4, 0.5) is 5.13 Å². The summed E-state index contributed by atoms with van der Waals surface area (Å²) in [5.74, 6) is 0.116. The third kappa shape index (κ3) is 3.97. The van der Waals surface area contributed by atoms with Crippen molar-refractivity contribution in [3.8, 4) is 0 Å². The van der Waals surface area contributed by atoms with Gasteiger partial charge in [0.2, 0.25) is 5.91 Å². The second-order valence-corrected chi connectivity index (χ2v) is 10.2. The quantitative estimate of drug-likeness (QED) is 0.484. The van der Waals surface area contributed by atoms with E-state index in [0.717, 1.165) is 30.1 Å². The lowest BCUT2D eigenvalue weighted by Crippen LogP contribution is -2.57. The Labute approximate surface area is 177 Å². The molecule has 1 aromatic rings. The molecule has 0 saturated heterocycles. The van der Waals surface area contributed by atoms with E-state index < -0.39 is 11.5 Å². The van der Waals surface area contributed by atoms with Crippen LogP contribution in [0.25, 0.3) is 0 Å². The number of rotatable bonds is 8. The fourth-order valence-corrected chi connectivity index (χ4v) is 6.48. The third-order valence-corrected chi connectivity index (χ3v) is 8.30. The summed E-state index contributed by atoms with van der Waals surface area (Å²) < 4.78 is 0. The Balaban J connectivity index is 2.01. The molecular formula is C22H35N3O3S. The number of anilines is 1. The molecule has 29 heavy (non-hydrogen) atoms. The SMILES string of the molecule is C=CCNc1nc2c(s1)C[C@@H]1[C@](C)(CO)[C@H](O)CC[C@@]1(C)[C@@H]2CC(=O)NCCC. The van der Waals surface area contributed by atoms with Gasteiger partial charge in [-0.05, 0) is 37.0 Å². The first kappa shape index (κ1) is 22.2. The van der Waals surface area contributed by atoms with Crippen molar-refractivity contribution in [2.24, 2.45) is 16.7 Å². The number of amides is 1. The molecule has 5 atom stereocenters. The highest BCUT2D eigenvalue weighted by Crippen LogP contribution is 2.62. The molecule has 3 rings (SSSR count). The average molecular weight is 422 g/mol. The molecule has 4 N–H and O–H groups in total. The summed E-state index contributed by atoms with van der Waals surface area (Å²) in [5.41, 5.74) is 0.238.